The summed E-state index contributed by atoms with van der Waals surface area (Å²) in [6.07, 6.45) is 5.93. The second kappa shape index (κ2) is 3.26. The van der Waals surface area contributed by atoms with Gasteiger partial charge in [0.1, 0.15) is 12.1 Å². The number of fused-ring (bicyclic) bond motifs is 1. The third-order valence-corrected chi connectivity index (χ3v) is 5.44. The van der Waals surface area contributed by atoms with Crippen molar-refractivity contribution in [3.05, 3.63) is 34.1 Å². The van der Waals surface area contributed by atoms with Crippen LogP contribution in [0, 0.1) is 22.7 Å². The first-order chi connectivity index (χ1) is 6.36. The van der Waals surface area contributed by atoms with E-state index < -0.39 is 0 Å². The summed E-state index contributed by atoms with van der Waals surface area (Å²) in [4.78, 5) is 1.43. The van der Waals surface area contributed by atoms with Crippen LogP contribution >= 0.6 is 20.3 Å². The molecule has 0 N–H and O–H groups in total. The van der Waals surface area contributed by atoms with Crippen molar-refractivity contribution in [3.8, 4) is 12.1 Å². The van der Waals surface area contributed by atoms with Gasteiger partial charge in [-0.25, -0.2) is 0 Å². The Morgan fingerprint density at radius 3 is 2.85 bits per heavy atom. The van der Waals surface area contributed by atoms with Gasteiger partial charge < -0.3 is 0 Å². The molecular weight excluding hydrogens is 200 g/mol. The van der Waals surface area contributed by atoms with Crippen LogP contribution in [0.4, 0.5) is 0 Å². The molecule has 0 saturated carbocycles. The van der Waals surface area contributed by atoms with Crippen LogP contribution in [0.3, 0.4) is 0 Å². The number of allylic oxidation sites excluding steroid dienone is 4. The van der Waals surface area contributed by atoms with Gasteiger partial charge >= 0.3 is 0 Å². The minimum absolute atomic E-state index is 0.311. The van der Waals surface area contributed by atoms with Gasteiger partial charge in [0, 0.05) is 4.91 Å². The molecule has 1 aliphatic heterocycles. The lowest BCUT2D eigenvalue weighted by Gasteiger charge is -1.99. The first-order valence-corrected chi connectivity index (χ1v) is 6.16. The zero-order chi connectivity index (χ0) is 9.26. The molecule has 0 amide bonds. The molecule has 1 aliphatic carbocycles. The predicted octanol–water partition coefficient (Wildman–Crippen LogP) is 2.47. The summed E-state index contributed by atoms with van der Waals surface area (Å²) in [6.45, 7) is 0. The molecule has 0 aromatic rings. The van der Waals surface area contributed by atoms with Gasteiger partial charge in [0.2, 0.25) is 0 Å². The molecule has 0 aromatic carbocycles. The highest BCUT2D eigenvalue weighted by Crippen LogP contribution is 2.53. The Morgan fingerprint density at radius 2 is 2.15 bits per heavy atom. The Morgan fingerprint density at radius 1 is 1.38 bits per heavy atom. The van der Waals surface area contributed by atoms with E-state index in [1.807, 2.05) is 35.8 Å². The topological polar surface area (TPSA) is 47.6 Å². The summed E-state index contributed by atoms with van der Waals surface area (Å²) >= 11 is 0. The molecule has 0 radical (unpaired) electrons. The van der Waals surface area contributed by atoms with Crippen molar-refractivity contribution in [2.75, 3.05) is 0 Å². The maximum atomic E-state index is 8.72. The first kappa shape index (κ1) is 8.37. The lowest BCUT2D eigenvalue weighted by atomic mass is 10.3. The zero-order valence-corrected chi connectivity index (χ0v) is 8.15. The van der Waals surface area contributed by atoms with E-state index in [-0.39, 0.29) is 9.52 Å². The summed E-state index contributed by atoms with van der Waals surface area (Å²) in [5, 5.41) is 19.4. The number of rotatable bonds is 0. The minimum atomic E-state index is -0.353. The van der Waals surface area contributed by atoms with Crippen molar-refractivity contribution >= 4 is 25.2 Å². The van der Waals surface area contributed by atoms with E-state index in [1.54, 1.807) is 10.8 Å². The van der Waals surface area contributed by atoms with E-state index in [4.69, 9.17) is 10.5 Å². The minimum Gasteiger partial charge on any atom is -0.191 e. The highest BCUT2D eigenvalue weighted by atomic mass is 33.1. The highest BCUT2D eigenvalue weighted by Gasteiger charge is 2.20. The van der Waals surface area contributed by atoms with E-state index in [0.717, 1.165) is 10.5 Å². The number of nitriles is 2. The van der Waals surface area contributed by atoms with E-state index in [0.29, 0.717) is 4.86 Å². The maximum Gasteiger partial charge on any atom is 0.167 e. The smallest absolute Gasteiger partial charge is 0.167 e. The molecule has 1 atom stereocenters. The van der Waals surface area contributed by atoms with E-state index in [1.165, 1.54) is 0 Å². The molecule has 0 fully saturated rings. The van der Waals surface area contributed by atoms with Gasteiger partial charge in [-0.3, -0.25) is 0 Å². The van der Waals surface area contributed by atoms with Crippen LogP contribution in [0.15, 0.2) is 34.1 Å². The largest absolute Gasteiger partial charge is 0.191 e. The van der Waals surface area contributed by atoms with Gasteiger partial charge in [-0.2, -0.15) is 10.5 Å². The fraction of sp³-hybridized carbons (Fsp3) is 0. The van der Waals surface area contributed by atoms with Crippen molar-refractivity contribution in [3.63, 3.8) is 0 Å². The average molecular weight is 204 g/mol. The van der Waals surface area contributed by atoms with Gasteiger partial charge in [0.15, 0.2) is 4.86 Å². The van der Waals surface area contributed by atoms with Crippen molar-refractivity contribution in [1.29, 1.82) is 10.5 Å². The van der Waals surface area contributed by atoms with E-state index >= 15 is 0 Å². The van der Waals surface area contributed by atoms with Crippen molar-refractivity contribution in [2.24, 2.45) is 0 Å². The molecule has 2 nitrogen and oxygen atoms in total. The van der Waals surface area contributed by atoms with Crippen LogP contribution in [0.5, 0.6) is 0 Å². The first-order valence-electron chi connectivity index (χ1n) is 3.54. The molecule has 4 heteroatoms. The van der Waals surface area contributed by atoms with Crippen LogP contribution < -0.4 is 0 Å². The third-order valence-electron chi connectivity index (χ3n) is 1.67. The summed E-state index contributed by atoms with van der Waals surface area (Å²) in [5.74, 6) is 0. The molecule has 0 saturated heterocycles. The van der Waals surface area contributed by atoms with E-state index in [2.05, 4.69) is 0 Å². The molecule has 62 valence electrons. The second-order valence-corrected chi connectivity index (χ2v) is 5.77. The van der Waals surface area contributed by atoms with Crippen LogP contribution in [0.2, 0.25) is 0 Å². The van der Waals surface area contributed by atoms with Crippen molar-refractivity contribution < 1.29 is 0 Å². The quantitative estimate of drug-likeness (QED) is 0.450. The summed E-state index contributed by atoms with van der Waals surface area (Å²) in [7, 11) is 1.20. The van der Waals surface area contributed by atoms with Crippen LogP contribution in [-0.2, 0) is 0 Å². The molecular formula is C9H4N2S2. The molecule has 0 aromatic heterocycles. The summed E-state index contributed by atoms with van der Waals surface area (Å²) in [5.41, 5.74) is 1.15. The van der Waals surface area contributed by atoms with Gasteiger partial charge in [-0.05, 0) is 17.1 Å². The SMILES string of the molecule is N#CC(C#N)=S1SC=C2C=CC=C21. The van der Waals surface area contributed by atoms with Crippen molar-refractivity contribution in [1.82, 2.24) is 0 Å². The Bertz CT molecular complexity index is 451. The van der Waals surface area contributed by atoms with Crippen LogP contribution in [-0.4, -0.2) is 4.86 Å². The van der Waals surface area contributed by atoms with Gasteiger partial charge in [0.25, 0.3) is 0 Å². The monoisotopic (exact) mass is 204 g/mol. The predicted molar refractivity (Wildman–Crippen MR) is 56.7 cm³/mol. The highest BCUT2D eigenvalue weighted by molar-refractivity contribution is 8.87. The standard InChI is InChI=1S/C9H4N2S2/c10-4-8(5-11)13-9-3-1-2-7(9)6-12-13/h1-3,6H. The fourth-order valence-electron chi connectivity index (χ4n) is 1.10. The van der Waals surface area contributed by atoms with Gasteiger partial charge in [-0.15, -0.1) is 0 Å². The molecule has 0 bridgehead atoms. The molecule has 1 unspecified atom stereocenters. The van der Waals surface area contributed by atoms with Crippen molar-refractivity contribution in [2.45, 2.75) is 0 Å². The van der Waals surface area contributed by atoms with Gasteiger partial charge in [-0.1, -0.05) is 32.5 Å². The molecule has 2 rings (SSSR count). The van der Waals surface area contributed by atoms with Crippen LogP contribution in [0.1, 0.15) is 0 Å². The van der Waals surface area contributed by atoms with Crippen LogP contribution in [0.25, 0.3) is 0 Å². The Kier molecular flexibility index (Phi) is 2.10. The second-order valence-electron chi connectivity index (χ2n) is 2.38. The van der Waals surface area contributed by atoms with E-state index in [9.17, 15) is 0 Å². The fourth-order valence-corrected chi connectivity index (χ4v) is 4.59. The lowest BCUT2D eigenvalue weighted by Crippen LogP contribution is -1.87. The average Bonchev–Trinajstić information content (AvgIpc) is 2.70. The number of nitrogens with zero attached hydrogens (tertiary/aromatic N) is 2. The Balaban J connectivity index is 2.51. The maximum absolute atomic E-state index is 8.72. The number of hydrogen-bond donors (Lipinski definition) is 0. The summed E-state index contributed by atoms with van der Waals surface area (Å²) in [6, 6.07) is 3.90. The lowest BCUT2D eigenvalue weighted by molar-refractivity contribution is 1.54. The third kappa shape index (κ3) is 1.25. The Labute approximate surface area is 82.2 Å². The molecule has 0 spiro atoms. The molecule has 1 heterocycles. The molecule has 13 heavy (non-hydrogen) atoms. The zero-order valence-electron chi connectivity index (χ0n) is 6.52. The van der Waals surface area contributed by atoms with Gasteiger partial charge in [0.05, 0.1) is 0 Å². The summed E-state index contributed by atoms with van der Waals surface area (Å²) < 4.78 is 0. The normalized spacial score (nSPS) is 22.8. The Hall–Kier alpha value is -1.23. The molecule has 2 aliphatic rings. The number of hydrogen-bond acceptors (Lipinski definition) is 3.